The minimum Gasteiger partial charge on any atom is -0.454 e. The number of sulfone groups is 1. The van der Waals surface area contributed by atoms with Gasteiger partial charge in [-0.1, -0.05) is 0 Å². The molecule has 0 bridgehead atoms. The lowest BCUT2D eigenvalue weighted by molar-refractivity contribution is 0.0989. The number of hydrogen-bond acceptors (Lipinski definition) is 6. The van der Waals surface area contributed by atoms with E-state index in [9.17, 15) is 13.2 Å². The molecule has 0 atom stereocenters. The molecule has 0 radical (unpaired) electrons. The molecule has 1 heterocycles. The number of fused-ring (bicyclic) bond motifs is 1. The molecule has 7 heteroatoms. The van der Waals surface area contributed by atoms with Crippen molar-refractivity contribution < 1.29 is 22.7 Å². The molecule has 1 aliphatic heterocycles. The van der Waals surface area contributed by atoms with Crippen LogP contribution in [-0.2, 0) is 9.84 Å². The van der Waals surface area contributed by atoms with Gasteiger partial charge in [0.25, 0.3) is 0 Å². The summed E-state index contributed by atoms with van der Waals surface area (Å²) in [6.45, 7) is 0.0175. The third kappa shape index (κ3) is 2.19. The van der Waals surface area contributed by atoms with Crippen LogP contribution in [0.2, 0.25) is 0 Å². The highest BCUT2D eigenvalue weighted by atomic mass is 32.2. The number of rotatable bonds is 4. The van der Waals surface area contributed by atoms with Crippen LogP contribution in [0.25, 0.3) is 0 Å². The number of Topliss-reactive ketones (excluding diaryl/α,β-unsaturated/α-hetero) is 1. The van der Waals surface area contributed by atoms with E-state index in [0.717, 1.165) is 6.26 Å². The molecule has 0 saturated carbocycles. The topological polar surface area (TPSA) is 81.7 Å². The highest BCUT2D eigenvalue weighted by molar-refractivity contribution is 7.91. The first kappa shape index (κ1) is 12.8. The summed E-state index contributed by atoms with van der Waals surface area (Å²) in [4.78, 5) is 11.8. The Morgan fingerprint density at radius 1 is 1.39 bits per heavy atom. The van der Waals surface area contributed by atoms with Crippen LogP contribution in [0.4, 0.5) is 0 Å². The maximum Gasteiger partial charge on any atom is 0.231 e. The molecule has 18 heavy (non-hydrogen) atoms. The lowest BCUT2D eigenvalue weighted by Gasteiger charge is -2.09. The molecule has 2 rings (SSSR count). The van der Waals surface area contributed by atoms with E-state index in [-0.39, 0.29) is 35.3 Å². The van der Waals surface area contributed by atoms with Crippen molar-refractivity contribution in [3.05, 3.63) is 17.7 Å². The fraction of sp³-hybridized carbons (Fsp3) is 0.364. The SMILES string of the molecule is CNCC(=O)c1ccc2c(c1S(C)(=O)=O)OCO2. The number of benzene rings is 1. The Morgan fingerprint density at radius 3 is 2.72 bits per heavy atom. The van der Waals surface area contributed by atoms with Crippen LogP contribution in [0.3, 0.4) is 0 Å². The van der Waals surface area contributed by atoms with Crippen LogP contribution in [0.1, 0.15) is 10.4 Å². The Morgan fingerprint density at radius 2 is 2.11 bits per heavy atom. The first-order valence-corrected chi connectivity index (χ1v) is 7.14. The fourth-order valence-corrected chi connectivity index (χ4v) is 2.87. The van der Waals surface area contributed by atoms with Gasteiger partial charge in [-0.2, -0.15) is 0 Å². The zero-order chi connectivity index (χ0) is 13.3. The lowest BCUT2D eigenvalue weighted by atomic mass is 10.1. The zero-order valence-corrected chi connectivity index (χ0v) is 10.8. The second kappa shape index (κ2) is 4.58. The molecular formula is C11H13NO5S. The predicted molar refractivity (Wildman–Crippen MR) is 63.9 cm³/mol. The van der Waals surface area contributed by atoms with Crippen molar-refractivity contribution in [3.63, 3.8) is 0 Å². The van der Waals surface area contributed by atoms with Gasteiger partial charge in [0.05, 0.1) is 6.54 Å². The molecule has 1 aliphatic rings. The first-order valence-electron chi connectivity index (χ1n) is 5.25. The molecule has 98 valence electrons. The summed E-state index contributed by atoms with van der Waals surface area (Å²) >= 11 is 0. The van der Waals surface area contributed by atoms with Gasteiger partial charge in [0, 0.05) is 11.8 Å². The van der Waals surface area contributed by atoms with Crippen molar-refractivity contribution in [2.24, 2.45) is 0 Å². The summed E-state index contributed by atoms with van der Waals surface area (Å²) in [6.07, 6.45) is 1.04. The van der Waals surface area contributed by atoms with Crippen LogP contribution >= 0.6 is 0 Å². The van der Waals surface area contributed by atoms with Crippen molar-refractivity contribution in [3.8, 4) is 11.5 Å². The van der Waals surface area contributed by atoms with Crippen LogP contribution in [-0.4, -0.2) is 40.8 Å². The lowest BCUT2D eigenvalue weighted by Crippen LogP contribution is -2.20. The molecule has 0 aliphatic carbocycles. The van der Waals surface area contributed by atoms with Gasteiger partial charge >= 0.3 is 0 Å². The van der Waals surface area contributed by atoms with Gasteiger partial charge in [0.2, 0.25) is 6.79 Å². The first-order chi connectivity index (χ1) is 8.45. The summed E-state index contributed by atoms with van der Waals surface area (Å²) in [7, 11) is -1.96. The van der Waals surface area contributed by atoms with Gasteiger partial charge in [-0.3, -0.25) is 4.79 Å². The Balaban J connectivity index is 2.65. The van der Waals surface area contributed by atoms with Gasteiger partial charge in [-0.15, -0.1) is 0 Å². The molecule has 0 aromatic heterocycles. The normalized spacial score (nSPS) is 13.7. The summed E-state index contributed by atoms with van der Waals surface area (Å²) in [5, 5.41) is 2.70. The van der Waals surface area contributed by atoms with Gasteiger partial charge in [-0.25, -0.2) is 8.42 Å². The van der Waals surface area contributed by atoms with Gasteiger partial charge in [-0.05, 0) is 19.2 Å². The second-order valence-corrected chi connectivity index (χ2v) is 5.85. The smallest absolute Gasteiger partial charge is 0.231 e. The van der Waals surface area contributed by atoms with Crippen molar-refractivity contribution in [1.82, 2.24) is 5.32 Å². The van der Waals surface area contributed by atoms with Crippen molar-refractivity contribution >= 4 is 15.6 Å². The van der Waals surface area contributed by atoms with Crippen molar-refractivity contribution in [2.75, 3.05) is 26.6 Å². The van der Waals surface area contributed by atoms with E-state index in [2.05, 4.69) is 5.32 Å². The van der Waals surface area contributed by atoms with Gasteiger partial charge < -0.3 is 14.8 Å². The van der Waals surface area contributed by atoms with Crippen LogP contribution in [0, 0.1) is 0 Å². The Bertz CT molecular complexity index is 594. The van der Waals surface area contributed by atoms with E-state index >= 15 is 0 Å². The zero-order valence-electron chi connectivity index (χ0n) is 10.0. The van der Waals surface area contributed by atoms with E-state index < -0.39 is 9.84 Å². The van der Waals surface area contributed by atoms with E-state index in [1.54, 1.807) is 13.1 Å². The molecule has 0 amide bonds. The molecule has 1 aromatic carbocycles. The Labute approximate surface area is 105 Å². The van der Waals surface area contributed by atoms with E-state index in [1.165, 1.54) is 6.07 Å². The minimum atomic E-state index is -3.58. The monoisotopic (exact) mass is 271 g/mol. The molecule has 6 nitrogen and oxygen atoms in total. The van der Waals surface area contributed by atoms with Gasteiger partial charge in [0.1, 0.15) is 4.90 Å². The summed E-state index contributed by atoms with van der Waals surface area (Å²) < 4.78 is 33.9. The minimum absolute atomic E-state index is 0.0402. The van der Waals surface area contributed by atoms with Crippen molar-refractivity contribution in [2.45, 2.75) is 4.90 Å². The number of ketones is 1. The maximum absolute atomic E-state index is 11.9. The highest BCUT2D eigenvalue weighted by Gasteiger charge is 2.29. The quantitative estimate of drug-likeness (QED) is 0.789. The second-order valence-electron chi connectivity index (χ2n) is 3.90. The molecule has 0 spiro atoms. The molecule has 0 saturated heterocycles. The molecular weight excluding hydrogens is 258 g/mol. The van der Waals surface area contributed by atoms with E-state index in [0.29, 0.717) is 5.75 Å². The number of carbonyl (C=O) groups is 1. The standard InChI is InChI=1S/C11H13NO5S/c1-12-5-8(13)7-3-4-9-10(17-6-16-9)11(7)18(2,14)15/h3-4,12H,5-6H2,1-2H3. The maximum atomic E-state index is 11.9. The Hall–Kier alpha value is -1.60. The number of nitrogens with one attached hydrogen (secondary N) is 1. The van der Waals surface area contributed by atoms with Crippen molar-refractivity contribution in [1.29, 1.82) is 0 Å². The van der Waals surface area contributed by atoms with Crippen LogP contribution < -0.4 is 14.8 Å². The fourth-order valence-electron chi connectivity index (χ4n) is 1.79. The number of likely N-dealkylation sites (N-methyl/N-ethyl adjacent to an activating group) is 1. The molecule has 0 unspecified atom stereocenters. The van der Waals surface area contributed by atoms with Crippen LogP contribution in [0.15, 0.2) is 17.0 Å². The summed E-state index contributed by atoms with van der Waals surface area (Å²) in [6, 6.07) is 2.99. The predicted octanol–water partition coefficient (Wildman–Crippen LogP) is 0.221. The third-order valence-electron chi connectivity index (χ3n) is 2.50. The van der Waals surface area contributed by atoms with E-state index in [4.69, 9.17) is 9.47 Å². The highest BCUT2D eigenvalue weighted by Crippen LogP contribution is 2.40. The molecule has 1 aromatic rings. The summed E-state index contributed by atoms with van der Waals surface area (Å²) in [5.41, 5.74) is 0.121. The molecule has 0 fully saturated rings. The van der Waals surface area contributed by atoms with Gasteiger partial charge in [0.15, 0.2) is 27.1 Å². The summed E-state index contributed by atoms with van der Waals surface area (Å²) in [5.74, 6) is 0.159. The largest absolute Gasteiger partial charge is 0.454 e. The molecule has 1 N–H and O–H groups in total. The van der Waals surface area contributed by atoms with E-state index in [1.807, 2.05) is 0 Å². The third-order valence-corrected chi connectivity index (χ3v) is 3.65. The Kier molecular flexibility index (Phi) is 3.27. The number of ether oxygens (including phenoxy) is 2. The average molecular weight is 271 g/mol. The number of hydrogen-bond donors (Lipinski definition) is 1. The average Bonchev–Trinajstić information content (AvgIpc) is 2.74. The number of carbonyl (C=O) groups excluding carboxylic acids is 1. The van der Waals surface area contributed by atoms with Crippen LogP contribution in [0.5, 0.6) is 11.5 Å².